The third-order valence-electron chi connectivity index (χ3n) is 3.96. The predicted octanol–water partition coefficient (Wildman–Crippen LogP) is 2.94. The maximum atomic E-state index is 4.31. The van der Waals surface area contributed by atoms with Crippen molar-refractivity contribution in [3.05, 3.63) is 42.9 Å². The molecule has 0 saturated carbocycles. The Hall–Kier alpha value is -1.61. The fourth-order valence-electron chi connectivity index (χ4n) is 2.84. The number of imidazole rings is 1. The van der Waals surface area contributed by atoms with Gasteiger partial charge in [0.1, 0.15) is 0 Å². The largest absolute Gasteiger partial charge is 0.331 e. The number of aromatic nitrogens is 2. The Morgan fingerprint density at radius 2 is 2.16 bits per heavy atom. The van der Waals surface area contributed by atoms with Crippen molar-refractivity contribution in [2.45, 2.75) is 25.8 Å². The lowest BCUT2D eigenvalue weighted by Crippen LogP contribution is -2.30. The fourth-order valence-corrected chi connectivity index (χ4v) is 2.84. The van der Waals surface area contributed by atoms with Gasteiger partial charge in [-0.15, -0.1) is 0 Å². The van der Waals surface area contributed by atoms with E-state index in [9.17, 15) is 0 Å². The summed E-state index contributed by atoms with van der Waals surface area (Å²) >= 11 is 0. The highest BCUT2D eigenvalue weighted by atomic mass is 15.0. The van der Waals surface area contributed by atoms with Gasteiger partial charge in [0, 0.05) is 6.54 Å². The summed E-state index contributed by atoms with van der Waals surface area (Å²) in [6.07, 6.45) is 7.85. The van der Waals surface area contributed by atoms with E-state index in [1.54, 1.807) is 0 Å². The van der Waals surface area contributed by atoms with Gasteiger partial charge >= 0.3 is 0 Å². The van der Waals surface area contributed by atoms with E-state index in [1.165, 1.54) is 43.6 Å². The Morgan fingerprint density at radius 1 is 1.26 bits per heavy atom. The SMILES string of the molecule is c1ccc(-c2cncn2CCC2CCCNC2)cc1. The Balaban J connectivity index is 1.67. The Kier molecular flexibility index (Phi) is 3.94. The molecular weight excluding hydrogens is 234 g/mol. The average Bonchev–Trinajstić information content (AvgIpc) is 2.95. The van der Waals surface area contributed by atoms with Gasteiger partial charge in [-0.2, -0.15) is 0 Å². The molecule has 2 heterocycles. The van der Waals surface area contributed by atoms with Crippen LogP contribution in [0.4, 0.5) is 0 Å². The topological polar surface area (TPSA) is 29.9 Å². The number of hydrogen-bond acceptors (Lipinski definition) is 2. The van der Waals surface area contributed by atoms with Crippen LogP contribution in [0.5, 0.6) is 0 Å². The van der Waals surface area contributed by atoms with Gasteiger partial charge in [0.15, 0.2) is 0 Å². The molecule has 1 N–H and O–H groups in total. The molecule has 1 saturated heterocycles. The molecule has 1 unspecified atom stereocenters. The molecule has 3 rings (SSSR count). The summed E-state index contributed by atoms with van der Waals surface area (Å²) in [7, 11) is 0. The second-order valence-electron chi connectivity index (χ2n) is 5.34. The lowest BCUT2D eigenvalue weighted by atomic mass is 9.96. The minimum atomic E-state index is 0.819. The molecule has 0 radical (unpaired) electrons. The quantitative estimate of drug-likeness (QED) is 0.910. The second kappa shape index (κ2) is 6.02. The molecule has 1 aliphatic rings. The highest BCUT2D eigenvalue weighted by molar-refractivity contribution is 5.58. The predicted molar refractivity (Wildman–Crippen MR) is 77.9 cm³/mol. The van der Waals surface area contributed by atoms with E-state index in [2.05, 4.69) is 45.2 Å². The minimum Gasteiger partial charge on any atom is -0.331 e. The normalized spacial score (nSPS) is 19.5. The third-order valence-corrected chi connectivity index (χ3v) is 3.96. The van der Waals surface area contributed by atoms with Crippen LogP contribution in [-0.4, -0.2) is 22.6 Å². The van der Waals surface area contributed by atoms with Crippen molar-refractivity contribution >= 4 is 0 Å². The van der Waals surface area contributed by atoms with Crippen LogP contribution in [0.1, 0.15) is 19.3 Å². The van der Waals surface area contributed by atoms with Crippen LogP contribution in [-0.2, 0) is 6.54 Å². The number of hydrogen-bond donors (Lipinski definition) is 1. The van der Waals surface area contributed by atoms with E-state index in [1.807, 2.05) is 12.5 Å². The fraction of sp³-hybridized carbons (Fsp3) is 0.438. The van der Waals surface area contributed by atoms with Crippen LogP contribution in [0.2, 0.25) is 0 Å². The molecule has 0 amide bonds. The van der Waals surface area contributed by atoms with Gasteiger partial charge in [-0.05, 0) is 43.8 Å². The summed E-state index contributed by atoms with van der Waals surface area (Å²) in [6.45, 7) is 3.43. The van der Waals surface area contributed by atoms with Crippen LogP contribution in [0.25, 0.3) is 11.3 Å². The summed E-state index contributed by atoms with van der Waals surface area (Å²) in [5.41, 5.74) is 2.48. The number of nitrogens with zero attached hydrogens (tertiary/aromatic N) is 2. The molecular formula is C16H21N3. The van der Waals surface area contributed by atoms with Gasteiger partial charge in [0.05, 0.1) is 18.2 Å². The summed E-state index contributed by atoms with van der Waals surface area (Å²) in [4.78, 5) is 4.31. The zero-order chi connectivity index (χ0) is 12.9. The molecule has 1 atom stereocenters. The van der Waals surface area contributed by atoms with E-state index in [-0.39, 0.29) is 0 Å². The monoisotopic (exact) mass is 255 g/mol. The number of benzene rings is 1. The molecule has 3 nitrogen and oxygen atoms in total. The molecule has 3 heteroatoms. The molecule has 2 aromatic rings. The Morgan fingerprint density at radius 3 is 2.95 bits per heavy atom. The Bertz CT molecular complexity index is 498. The van der Waals surface area contributed by atoms with Crippen molar-refractivity contribution in [1.29, 1.82) is 0 Å². The summed E-state index contributed by atoms with van der Waals surface area (Å²) < 4.78 is 2.28. The van der Waals surface area contributed by atoms with Gasteiger partial charge < -0.3 is 9.88 Å². The van der Waals surface area contributed by atoms with Crippen molar-refractivity contribution in [2.24, 2.45) is 5.92 Å². The molecule has 100 valence electrons. The average molecular weight is 255 g/mol. The van der Waals surface area contributed by atoms with Crippen molar-refractivity contribution < 1.29 is 0 Å². The van der Waals surface area contributed by atoms with Crippen LogP contribution in [0.15, 0.2) is 42.9 Å². The van der Waals surface area contributed by atoms with Crippen LogP contribution in [0.3, 0.4) is 0 Å². The standard InChI is InChI=1S/C16H21N3/c1-2-6-15(7-3-1)16-12-18-13-19(16)10-8-14-5-4-9-17-11-14/h1-3,6-7,12-14,17H,4-5,8-11H2. The first kappa shape index (κ1) is 12.4. The number of nitrogens with one attached hydrogen (secondary N) is 1. The molecule has 0 spiro atoms. The van der Waals surface area contributed by atoms with E-state index < -0.39 is 0 Å². The van der Waals surface area contributed by atoms with Crippen molar-refractivity contribution in [3.8, 4) is 11.3 Å². The maximum absolute atomic E-state index is 4.31. The van der Waals surface area contributed by atoms with Gasteiger partial charge in [-0.1, -0.05) is 30.3 Å². The second-order valence-corrected chi connectivity index (χ2v) is 5.34. The first-order chi connectivity index (χ1) is 9.43. The Labute approximate surface area is 114 Å². The first-order valence-corrected chi connectivity index (χ1v) is 7.20. The van der Waals surface area contributed by atoms with E-state index >= 15 is 0 Å². The lowest BCUT2D eigenvalue weighted by molar-refractivity contribution is 0.342. The highest BCUT2D eigenvalue weighted by Gasteiger charge is 2.13. The van der Waals surface area contributed by atoms with E-state index in [4.69, 9.17) is 0 Å². The van der Waals surface area contributed by atoms with E-state index in [0.29, 0.717) is 0 Å². The van der Waals surface area contributed by atoms with Crippen molar-refractivity contribution in [3.63, 3.8) is 0 Å². The summed E-state index contributed by atoms with van der Waals surface area (Å²) in [6, 6.07) is 10.5. The number of aryl methyl sites for hydroxylation is 1. The molecule has 1 aromatic carbocycles. The highest BCUT2D eigenvalue weighted by Crippen LogP contribution is 2.21. The minimum absolute atomic E-state index is 0.819. The van der Waals surface area contributed by atoms with Crippen LogP contribution >= 0.6 is 0 Å². The van der Waals surface area contributed by atoms with Gasteiger partial charge in [-0.3, -0.25) is 0 Å². The van der Waals surface area contributed by atoms with Crippen LogP contribution < -0.4 is 5.32 Å². The van der Waals surface area contributed by atoms with Crippen molar-refractivity contribution in [1.82, 2.24) is 14.9 Å². The molecule has 19 heavy (non-hydrogen) atoms. The number of piperidine rings is 1. The molecule has 0 aliphatic carbocycles. The zero-order valence-electron chi connectivity index (χ0n) is 11.3. The smallest absolute Gasteiger partial charge is 0.0950 e. The van der Waals surface area contributed by atoms with Crippen LogP contribution in [0, 0.1) is 5.92 Å². The van der Waals surface area contributed by atoms with E-state index in [0.717, 1.165) is 12.5 Å². The summed E-state index contributed by atoms with van der Waals surface area (Å²) in [5, 5.41) is 3.49. The molecule has 0 bridgehead atoms. The lowest BCUT2D eigenvalue weighted by Gasteiger charge is -2.23. The maximum Gasteiger partial charge on any atom is 0.0950 e. The van der Waals surface area contributed by atoms with Gasteiger partial charge in [0.25, 0.3) is 0 Å². The van der Waals surface area contributed by atoms with Gasteiger partial charge in [0.2, 0.25) is 0 Å². The van der Waals surface area contributed by atoms with Crippen molar-refractivity contribution in [2.75, 3.05) is 13.1 Å². The third kappa shape index (κ3) is 3.04. The molecule has 1 fully saturated rings. The summed E-state index contributed by atoms with van der Waals surface area (Å²) in [5.74, 6) is 0.819. The first-order valence-electron chi connectivity index (χ1n) is 7.20. The van der Waals surface area contributed by atoms with Gasteiger partial charge in [-0.25, -0.2) is 4.98 Å². The molecule has 1 aliphatic heterocycles. The number of rotatable bonds is 4. The molecule has 1 aromatic heterocycles. The zero-order valence-corrected chi connectivity index (χ0v) is 11.3.